The van der Waals surface area contributed by atoms with Gasteiger partial charge in [0.2, 0.25) is 5.91 Å². The second-order valence-electron chi connectivity index (χ2n) is 8.62. The van der Waals surface area contributed by atoms with Gasteiger partial charge in [0.05, 0.1) is 11.9 Å². The van der Waals surface area contributed by atoms with Gasteiger partial charge in [-0.3, -0.25) is 9.36 Å². The van der Waals surface area contributed by atoms with Crippen molar-refractivity contribution in [2.24, 2.45) is 0 Å². The van der Waals surface area contributed by atoms with Crippen LogP contribution in [0.1, 0.15) is 25.7 Å². The van der Waals surface area contributed by atoms with Crippen LogP contribution in [0.25, 0.3) is 22.2 Å². The summed E-state index contributed by atoms with van der Waals surface area (Å²) in [4.78, 5) is 12.7. The summed E-state index contributed by atoms with van der Waals surface area (Å²) in [5.74, 6) is 1.77. The molecular weight excluding hydrogens is 456 g/mol. The number of benzene rings is 3. The number of amides is 1. The number of hydrogen-bond donors (Lipinski definition) is 1. The Bertz CT molecular complexity index is 1320. The lowest BCUT2D eigenvalue weighted by Crippen LogP contribution is -2.15. The summed E-state index contributed by atoms with van der Waals surface area (Å²) in [6.07, 6.45) is 6.88. The molecule has 1 heterocycles. The summed E-state index contributed by atoms with van der Waals surface area (Å²) < 4.78 is 8.06. The van der Waals surface area contributed by atoms with Crippen molar-refractivity contribution in [2.75, 3.05) is 11.1 Å². The Hall–Kier alpha value is -3.58. The van der Waals surface area contributed by atoms with E-state index in [1.165, 1.54) is 24.6 Å². The summed E-state index contributed by atoms with van der Waals surface area (Å²) in [6, 6.07) is 21.9. The van der Waals surface area contributed by atoms with E-state index in [1.807, 2.05) is 77.4 Å². The van der Waals surface area contributed by atoms with Crippen molar-refractivity contribution in [3.63, 3.8) is 0 Å². The van der Waals surface area contributed by atoms with Crippen molar-refractivity contribution in [2.45, 2.75) is 43.5 Å². The number of nitrogens with zero attached hydrogens (tertiary/aromatic N) is 3. The van der Waals surface area contributed by atoms with Gasteiger partial charge < -0.3 is 10.1 Å². The van der Waals surface area contributed by atoms with E-state index in [2.05, 4.69) is 22.1 Å². The molecule has 1 N–H and O–H groups in total. The molecule has 178 valence electrons. The smallest absolute Gasteiger partial charge is 0.234 e. The first-order chi connectivity index (χ1) is 17.2. The maximum atomic E-state index is 12.7. The van der Waals surface area contributed by atoms with Gasteiger partial charge in [-0.2, -0.15) is 0 Å². The third kappa shape index (κ3) is 5.41. The van der Waals surface area contributed by atoms with Crippen LogP contribution in [0.15, 0.2) is 84.5 Å². The molecule has 1 aliphatic rings. The number of thioether (sulfide) groups is 1. The third-order valence-electron chi connectivity index (χ3n) is 6.14. The van der Waals surface area contributed by atoms with Gasteiger partial charge in [0.1, 0.15) is 5.75 Å². The molecule has 0 radical (unpaired) electrons. The maximum Gasteiger partial charge on any atom is 0.234 e. The Morgan fingerprint density at radius 1 is 1.06 bits per heavy atom. The highest BCUT2D eigenvalue weighted by molar-refractivity contribution is 7.99. The van der Waals surface area contributed by atoms with Crippen molar-refractivity contribution in [3.05, 3.63) is 79.4 Å². The Morgan fingerprint density at radius 3 is 2.63 bits per heavy atom. The molecule has 3 aromatic carbocycles. The summed E-state index contributed by atoms with van der Waals surface area (Å²) in [5, 5.41) is 14.6. The summed E-state index contributed by atoms with van der Waals surface area (Å²) in [5.41, 5.74) is 1.76. The van der Waals surface area contributed by atoms with E-state index in [1.54, 1.807) is 0 Å². The molecule has 0 unspecified atom stereocenters. The summed E-state index contributed by atoms with van der Waals surface area (Å²) >= 11 is 1.36. The van der Waals surface area contributed by atoms with E-state index in [0.29, 0.717) is 17.8 Å². The molecule has 35 heavy (non-hydrogen) atoms. The van der Waals surface area contributed by atoms with Crippen molar-refractivity contribution >= 4 is 34.1 Å². The van der Waals surface area contributed by atoms with Crippen LogP contribution >= 0.6 is 11.8 Å². The van der Waals surface area contributed by atoms with E-state index < -0.39 is 0 Å². The van der Waals surface area contributed by atoms with Crippen LogP contribution in [0.5, 0.6) is 5.75 Å². The molecular formula is C28H28N4O2S. The number of carbonyl (C=O) groups is 1. The molecule has 0 aliphatic heterocycles. The highest BCUT2D eigenvalue weighted by Gasteiger charge is 2.18. The molecule has 1 fully saturated rings. The van der Waals surface area contributed by atoms with Crippen LogP contribution in [0.4, 0.5) is 5.69 Å². The Labute approximate surface area is 209 Å². The maximum absolute atomic E-state index is 12.7. The summed E-state index contributed by atoms with van der Waals surface area (Å²) in [6.45, 7) is 4.43. The number of anilines is 1. The minimum absolute atomic E-state index is 0.0885. The predicted molar refractivity (Wildman–Crippen MR) is 142 cm³/mol. The molecule has 4 aromatic rings. The fraction of sp³-hybridized carbons (Fsp3) is 0.250. The Morgan fingerprint density at radius 2 is 1.83 bits per heavy atom. The van der Waals surface area contributed by atoms with Crippen LogP contribution in [-0.4, -0.2) is 32.5 Å². The number of allylic oxidation sites excluding steroid dienone is 1. The first kappa shape index (κ1) is 23.2. The lowest BCUT2D eigenvalue weighted by Gasteiger charge is -2.13. The monoisotopic (exact) mass is 484 g/mol. The average molecular weight is 485 g/mol. The third-order valence-corrected chi connectivity index (χ3v) is 7.11. The van der Waals surface area contributed by atoms with Gasteiger partial charge in [-0.05, 0) is 61.4 Å². The zero-order valence-electron chi connectivity index (χ0n) is 19.5. The van der Waals surface area contributed by atoms with E-state index >= 15 is 0 Å². The standard InChI is InChI=1S/C28H28N4O2S/c1-2-18-32-27(21-14-16-23(17-15-21)34-22-10-4-5-11-22)30-31-28(32)35-19-26(33)29-25-13-7-9-20-8-3-6-12-24(20)25/h2-3,6-9,12-17,22H,1,4-5,10-11,18-19H2,(H,29,33). The van der Waals surface area contributed by atoms with Crippen LogP contribution in [0.3, 0.4) is 0 Å². The largest absolute Gasteiger partial charge is 0.490 e. The number of fused-ring (bicyclic) bond motifs is 1. The minimum atomic E-state index is -0.0885. The van der Waals surface area contributed by atoms with Gasteiger partial charge in [0, 0.05) is 23.2 Å². The predicted octanol–water partition coefficient (Wildman–Crippen LogP) is 6.34. The highest BCUT2D eigenvalue weighted by atomic mass is 32.2. The molecule has 1 aromatic heterocycles. The van der Waals surface area contributed by atoms with Crippen LogP contribution in [0, 0.1) is 0 Å². The van der Waals surface area contributed by atoms with Gasteiger partial charge in [0.15, 0.2) is 11.0 Å². The summed E-state index contributed by atoms with van der Waals surface area (Å²) in [7, 11) is 0. The number of carbonyl (C=O) groups excluding carboxylic acids is 1. The minimum Gasteiger partial charge on any atom is -0.490 e. The van der Waals surface area contributed by atoms with Gasteiger partial charge in [-0.1, -0.05) is 54.2 Å². The molecule has 5 rings (SSSR count). The van der Waals surface area contributed by atoms with E-state index in [4.69, 9.17) is 4.74 Å². The van der Waals surface area contributed by atoms with Crippen LogP contribution in [0.2, 0.25) is 0 Å². The number of ether oxygens (including phenoxy) is 1. The zero-order valence-corrected chi connectivity index (χ0v) is 20.3. The lowest BCUT2D eigenvalue weighted by atomic mass is 10.1. The molecule has 1 aliphatic carbocycles. The molecule has 7 heteroatoms. The number of hydrogen-bond acceptors (Lipinski definition) is 5. The number of aromatic nitrogens is 3. The van der Waals surface area contributed by atoms with Gasteiger partial charge in [-0.25, -0.2) is 0 Å². The number of nitrogens with one attached hydrogen (secondary N) is 1. The lowest BCUT2D eigenvalue weighted by molar-refractivity contribution is -0.113. The van der Waals surface area contributed by atoms with Gasteiger partial charge in [0.25, 0.3) is 0 Å². The number of rotatable bonds is 9. The van der Waals surface area contributed by atoms with Crippen molar-refractivity contribution < 1.29 is 9.53 Å². The molecule has 0 atom stereocenters. The van der Waals surface area contributed by atoms with E-state index in [9.17, 15) is 4.79 Å². The first-order valence-electron chi connectivity index (χ1n) is 11.9. The first-order valence-corrected chi connectivity index (χ1v) is 12.9. The Kier molecular flexibility index (Phi) is 7.14. The molecule has 1 amide bonds. The molecule has 1 saturated carbocycles. The molecule has 6 nitrogen and oxygen atoms in total. The fourth-order valence-electron chi connectivity index (χ4n) is 4.43. The quantitative estimate of drug-likeness (QED) is 0.222. The zero-order chi connectivity index (χ0) is 24.0. The van der Waals surface area contributed by atoms with Gasteiger partial charge in [-0.15, -0.1) is 16.8 Å². The average Bonchev–Trinajstić information content (AvgIpc) is 3.54. The van der Waals surface area contributed by atoms with Crippen LogP contribution < -0.4 is 10.1 Å². The van der Waals surface area contributed by atoms with Crippen molar-refractivity contribution in [1.82, 2.24) is 14.8 Å². The molecule has 0 bridgehead atoms. The Balaban J connectivity index is 1.27. The van der Waals surface area contributed by atoms with Crippen molar-refractivity contribution in [1.29, 1.82) is 0 Å². The second-order valence-corrected chi connectivity index (χ2v) is 9.56. The van der Waals surface area contributed by atoms with E-state index in [0.717, 1.165) is 46.4 Å². The van der Waals surface area contributed by atoms with Crippen molar-refractivity contribution in [3.8, 4) is 17.1 Å². The molecule has 0 spiro atoms. The van der Waals surface area contributed by atoms with Gasteiger partial charge >= 0.3 is 0 Å². The normalized spacial score (nSPS) is 13.7. The molecule has 0 saturated heterocycles. The highest BCUT2D eigenvalue weighted by Crippen LogP contribution is 2.29. The topological polar surface area (TPSA) is 69.0 Å². The van der Waals surface area contributed by atoms with E-state index in [-0.39, 0.29) is 11.7 Å². The van der Waals surface area contributed by atoms with Crippen LogP contribution in [-0.2, 0) is 11.3 Å². The fourth-order valence-corrected chi connectivity index (χ4v) is 5.18. The SMILES string of the molecule is C=CCn1c(SCC(=O)Nc2cccc3ccccc23)nnc1-c1ccc(OC2CCCC2)cc1. The second kappa shape index (κ2) is 10.8.